The standard InChI is InChI=1S/C5H8INO5S/c6-13(12)7-3(5(10)11)1-2-4(8)9/h3,7H,1-2H2,(H,8,9)(H,10,11)/t3-,13?/m0/s1. The molecule has 8 heteroatoms. The van der Waals surface area contributed by atoms with Gasteiger partial charge in [-0.3, -0.25) is 9.59 Å². The fourth-order valence-electron chi connectivity index (χ4n) is 0.612. The van der Waals surface area contributed by atoms with E-state index >= 15 is 0 Å². The van der Waals surface area contributed by atoms with Crippen LogP contribution < -0.4 is 4.72 Å². The van der Waals surface area contributed by atoms with Gasteiger partial charge in [-0.1, -0.05) is 0 Å². The van der Waals surface area contributed by atoms with E-state index in [2.05, 4.69) is 4.72 Å². The number of hydrogen-bond donors (Lipinski definition) is 3. The van der Waals surface area contributed by atoms with Crippen LogP contribution in [0.4, 0.5) is 0 Å². The summed E-state index contributed by atoms with van der Waals surface area (Å²) in [6, 6.07) is -1.08. The molecule has 1 unspecified atom stereocenters. The Morgan fingerprint density at radius 3 is 2.38 bits per heavy atom. The predicted molar refractivity (Wildman–Crippen MR) is 53.6 cm³/mol. The number of carboxylic acids is 2. The minimum atomic E-state index is -1.48. The highest BCUT2D eigenvalue weighted by Gasteiger charge is 2.22. The van der Waals surface area contributed by atoms with Crippen molar-refractivity contribution < 1.29 is 24.4 Å². The third kappa shape index (κ3) is 7.05. The summed E-state index contributed by atoms with van der Waals surface area (Å²) >= 11 is 1.50. The van der Waals surface area contributed by atoms with Crippen molar-refractivity contribution in [3.8, 4) is 0 Å². The van der Waals surface area contributed by atoms with E-state index in [-0.39, 0.29) is 12.8 Å². The lowest BCUT2D eigenvalue weighted by atomic mass is 10.2. The van der Waals surface area contributed by atoms with Gasteiger partial charge in [0.2, 0.25) is 0 Å². The summed E-state index contributed by atoms with van der Waals surface area (Å²) in [6.07, 6.45) is -0.350. The van der Waals surface area contributed by atoms with Crippen molar-refractivity contribution in [3.05, 3.63) is 0 Å². The third-order valence-electron chi connectivity index (χ3n) is 1.18. The van der Waals surface area contributed by atoms with Crippen molar-refractivity contribution in [3.63, 3.8) is 0 Å². The topological polar surface area (TPSA) is 110 Å². The first-order chi connectivity index (χ1) is 5.93. The molecule has 3 N–H and O–H groups in total. The van der Waals surface area contributed by atoms with Gasteiger partial charge in [-0.25, -0.2) is 0 Å². The quantitative estimate of drug-likeness (QED) is 0.466. The number of halogens is 1. The second-order valence-electron chi connectivity index (χ2n) is 2.16. The summed E-state index contributed by atoms with van der Waals surface area (Å²) in [4.78, 5) is 20.6. The Balaban J connectivity index is 3.95. The fourth-order valence-corrected chi connectivity index (χ4v) is 1.98. The number of nitrogens with one attached hydrogen (secondary N) is 1. The summed E-state index contributed by atoms with van der Waals surface area (Å²) in [5.41, 5.74) is 0. The average Bonchev–Trinajstić information content (AvgIpc) is 1.96. The van der Waals surface area contributed by atoms with Gasteiger partial charge in [-0.05, 0) is 6.42 Å². The molecule has 13 heavy (non-hydrogen) atoms. The zero-order valence-electron chi connectivity index (χ0n) is 6.40. The van der Waals surface area contributed by atoms with Gasteiger partial charge < -0.3 is 14.8 Å². The molecule has 0 spiro atoms. The molecule has 0 aliphatic rings. The van der Waals surface area contributed by atoms with Crippen molar-refractivity contribution >= 4 is 41.7 Å². The second-order valence-corrected chi connectivity index (χ2v) is 5.25. The molecule has 0 saturated heterocycles. The molecule has 0 radical (unpaired) electrons. The van der Waals surface area contributed by atoms with Gasteiger partial charge in [0.1, 0.15) is 8.53 Å². The Morgan fingerprint density at radius 1 is 1.54 bits per heavy atom. The Labute approximate surface area is 89.6 Å². The highest BCUT2D eigenvalue weighted by atomic mass is 127. The lowest BCUT2D eigenvalue weighted by Gasteiger charge is -2.10. The highest BCUT2D eigenvalue weighted by Crippen LogP contribution is 2.04. The minimum Gasteiger partial charge on any atom is -0.590 e. The molecule has 0 aromatic carbocycles. The van der Waals surface area contributed by atoms with Crippen LogP contribution in [0.3, 0.4) is 0 Å². The van der Waals surface area contributed by atoms with E-state index < -0.39 is 26.5 Å². The van der Waals surface area contributed by atoms with Crippen LogP contribution in [0.1, 0.15) is 12.8 Å². The van der Waals surface area contributed by atoms with Crippen molar-refractivity contribution in [2.45, 2.75) is 18.9 Å². The van der Waals surface area contributed by atoms with Gasteiger partial charge in [0.15, 0.2) is 6.04 Å². The summed E-state index contributed by atoms with van der Waals surface area (Å²) in [6.45, 7) is 0. The molecule has 0 heterocycles. The molecule has 0 amide bonds. The molecule has 0 rings (SSSR count). The zero-order chi connectivity index (χ0) is 10.4. The molecular formula is C5H8INO5S. The van der Waals surface area contributed by atoms with E-state index in [1.807, 2.05) is 0 Å². The Morgan fingerprint density at radius 2 is 2.08 bits per heavy atom. The van der Waals surface area contributed by atoms with E-state index in [1.165, 1.54) is 21.2 Å². The van der Waals surface area contributed by atoms with Gasteiger partial charge in [-0.2, -0.15) is 0 Å². The average molecular weight is 321 g/mol. The summed E-state index contributed by atoms with van der Waals surface area (Å²) in [5.74, 6) is -2.28. The molecular weight excluding hydrogens is 313 g/mol. The van der Waals surface area contributed by atoms with Crippen molar-refractivity contribution in [1.82, 2.24) is 4.72 Å². The number of carbonyl (C=O) groups is 2. The zero-order valence-corrected chi connectivity index (χ0v) is 9.37. The summed E-state index contributed by atoms with van der Waals surface area (Å²) < 4.78 is 12.8. The van der Waals surface area contributed by atoms with Crippen LogP contribution in [0.15, 0.2) is 0 Å². The maximum absolute atomic E-state index is 10.6. The highest BCUT2D eigenvalue weighted by molar-refractivity contribution is 14.2. The van der Waals surface area contributed by atoms with Gasteiger partial charge in [0, 0.05) is 6.42 Å². The maximum Gasteiger partial charge on any atom is 0.325 e. The van der Waals surface area contributed by atoms with Gasteiger partial charge in [0.25, 0.3) is 21.2 Å². The summed E-state index contributed by atoms with van der Waals surface area (Å²) in [5, 5.41) is 16.8. The molecule has 0 fully saturated rings. The molecule has 6 nitrogen and oxygen atoms in total. The third-order valence-corrected chi connectivity index (χ3v) is 2.41. The van der Waals surface area contributed by atoms with Crippen LogP contribution in [-0.2, 0) is 18.1 Å². The van der Waals surface area contributed by atoms with Gasteiger partial charge in [0.05, 0.1) is 0 Å². The molecule has 0 bridgehead atoms. The first-order valence-corrected chi connectivity index (χ1v) is 6.91. The smallest absolute Gasteiger partial charge is 0.325 e. The molecule has 0 aromatic rings. The normalized spacial score (nSPS) is 14.9. The molecule has 76 valence electrons. The van der Waals surface area contributed by atoms with Crippen LogP contribution in [0.5, 0.6) is 0 Å². The van der Waals surface area contributed by atoms with Crippen LogP contribution >= 0.6 is 21.2 Å². The molecule has 0 aromatic heterocycles. The second kappa shape index (κ2) is 6.40. The van der Waals surface area contributed by atoms with Crippen molar-refractivity contribution in [2.75, 3.05) is 0 Å². The molecule has 0 saturated carbocycles. The van der Waals surface area contributed by atoms with E-state index in [1.54, 1.807) is 0 Å². The molecule has 2 atom stereocenters. The lowest BCUT2D eigenvalue weighted by molar-refractivity contribution is -0.140. The summed E-state index contributed by atoms with van der Waals surface area (Å²) in [7, 11) is -1.48. The number of hydrogen-bond acceptors (Lipinski definition) is 4. The monoisotopic (exact) mass is 321 g/mol. The largest absolute Gasteiger partial charge is 0.590 e. The Bertz CT molecular complexity index is 199. The number of rotatable bonds is 6. The number of aliphatic carboxylic acids is 2. The van der Waals surface area contributed by atoms with E-state index in [4.69, 9.17) is 10.2 Å². The SMILES string of the molecule is O=C(O)CC[C@H](N[S+]([O-])I)C(=O)O. The van der Waals surface area contributed by atoms with E-state index in [9.17, 15) is 14.1 Å². The van der Waals surface area contributed by atoms with Crippen LogP contribution in [0, 0.1) is 0 Å². The fraction of sp³-hybridized carbons (Fsp3) is 0.600. The minimum absolute atomic E-state index is 0.0839. The predicted octanol–water partition coefficient (Wildman–Crippen LogP) is -0.0923. The molecule has 0 aliphatic heterocycles. The van der Waals surface area contributed by atoms with Crippen LogP contribution in [0.2, 0.25) is 0 Å². The first-order valence-electron chi connectivity index (χ1n) is 3.22. The van der Waals surface area contributed by atoms with Gasteiger partial charge >= 0.3 is 11.9 Å². The lowest BCUT2D eigenvalue weighted by Crippen LogP contribution is -2.38. The Kier molecular flexibility index (Phi) is 6.37. The first kappa shape index (κ1) is 12.9. The van der Waals surface area contributed by atoms with Crippen LogP contribution in [-0.4, -0.2) is 32.7 Å². The Hall–Kier alpha value is -0.0600. The maximum atomic E-state index is 10.6. The number of carboxylic acid groups (broad SMARTS) is 2. The van der Waals surface area contributed by atoms with Crippen molar-refractivity contribution in [2.24, 2.45) is 0 Å². The molecule has 0 aliphatic carbocycles. The van der Waals surface area contributed by atoms with E-state index in [0.29, 0.717) is 0 Å². The van der Waals surface area contributed by atoms with Crippen molar-refractivity contribution in [1.29, 1.82) is 0 Å². The van der Waals surface area contributed by atoms with Gasteiger partial charge in [-0.15, -0.1) is 4.72 Å². The van der Waals surface area contributed by atoms with E-state index in [0.717, 1.165) is 0 Å². The van der Waals surface area contributed by atoms with Crippen LogP contribution in [0.25, 0.3) is 0 Å².